The summed E-state index contributed by atoms with van der Waals surface area (Å²) in [7, 11) is 0. The van der Waals surface area contributed by atoms with E-state index < -0.39 is 11.7 Å². The van der Waals surface area contributed by atoms with E-state index in [0.29, 0.717) is 18.6 Å². The Morgan fingerprint density at radius 2 is 1.92 bits per heavy atom. The Kier molecular flexibility index (Phi) is 4.76. The first-order valence-corrected chi connectivity index (χ1v) is 8.57. The van der Waals surface area contributed by atoms with Gasteiger partial charge in [0.1, 0.15) is 5.75 Å². The van der Waals surface area contributed by atoms with Crippen LogP contribution in [0.2, 0.25) is 0 Å². The molecule has 2 aliphatic rings. The van der Waals surface area contributed by atoms with Gasteiger partial charge in [-0.05, 0) is 43.5 Å². The minimum Gasteiger partial charge on any atom is -0.481 e. The van der Waals surface area contributed by atoms with E-state index in [1.165, 1.54) is 0 Å². The fraction of sp³-hybridized carbons (Fsp3) is 0.556. The lowest BCUT2D eigenvalue weighted by Crippen LogP contribution is -2.46. The summed E-state index contributed by atoms with van der Waals surface area (Å²) < 4.78 is 5.69. The molecule has 2 N–H and O–H groups in total. The molecule has 2 aliphatic heterocycles. The number of benzene rings is 1. The summed E-state index contributed by atoms with van der Waals surface area (Å²) in [6.45, 7) is 3.69. The highest BCUT2D eigenvalue weighted by atomic mass is 16.5. The molecule has 0 bridgehead atoms. The molecule has 3 rings (SSSR count). The fourth-order valence-corrected chi connectivity index (χ4v) is 3.22. The van der Waals surface area contributed by atoms with E-state index in [9.17, 15) is 14.7 Å². The Labute approximate surface area is 141 Å². The van der Waals surface area contributed by atoms with Crippen LogP contribution >= 0.6 is 0 Å². The van der Waals surface area contributed by atoms with Crippen LogP contribution in [0.5, 0.6) is 5.75 Å². The van der Waals surface area contributed by atoms with Crippen molar-refractivity contribution in [3.05, 3.63) is 24.3 Å². The molecule has 6 nitrogen and oxygen atoms in total. The van der Waals surface area contributed by atoms with Crippen LogP contribution in [0, 0.1) is 0 Å². The van der Waals surface area contributed by atoms with Gasteiger partial charge in [-0.25, -0.2) is 0 Å². The highest BCUT2D eigenvalue weighted by Crippen LogP contribution is 2.29. The number of piperidine rings is 2. The van der Waals surface area contributed by atoms with E-state index in [1.807, 2.05) is 31.2 Å². The number of nitrogens with one attached hydrogen (secondary N) is 1. The number of anilines is 1. The van der Waals surface area contributed by atoms with Gasteiger partial charge in [0.05, 0.1) is 5.60 Å². The molecule has 24 heavy (non-hydrogen) atoms. The van der Waals surface area contributed by atoms with E-state index in [-0.39, 0.29) is 11.8 Å². The molecule has 1 aromatic carbocycles. The minimum atomic E-state index is -0.608. The zero-order valence-electron chi connectivity index (χ0n) is 14.0. The van der Waals surface area contributed by atoms with E-state index in [4.69, 9.17) is 4.74 Å². The Balaban J connectivity index is 1.58. The quantitative estimate of drug-likeness (QED) is 0.819. The van der Waals surface area contributed by atoms with Gasteiger partial charge in [0.2, 0.25) is 5.91 Å². The first-order valence-electron chi connectivity index (χ1n) is 8.57. The summed E-state index contributed by atoms with van der Waals surface area (Å²) in [5.41, 5.74) is 0.564. The van der Waals surface area contributed by atoms with Crippen LogP contribution in [0.4, 0.5) is 5.69 Å². The first kappa shape index (κ1) is 16.8. The van der Waals surface area contributed by atoms with E-state index in [1.54, 1.807) is 0 Å². The van der Waals surface area contributed by atoms with Crippen LogP contribution in [0.3, 0.4) is 0 Å². The Hall–Kier alpha value is -2.08. The predicted octanol–water partition coefficient (Wildman–Crippen LogP) is 1.61. The third-order valence-corrected chi connectivity index (χ3v) is 5.02. The molecule has 2 amide bonds. The number of hydrogen-bond acceptors (Lipinski definition) is 5. The van der Waals surface area contributed by atoms with Gasteiger partial charge in [0.25, 0.3) is 5.91 Å². The maximum Gasteiger partial charge on any atom is 0.267 e. The Morgan fingerprint density at radius 1 is 1.25 bits per heavy atom. The molecular formula is C18H24N2O4. The number of aliphatic hydroxyl groups is 1. The number of amides is 2. The molecule has 130 valence electrons. The SMILES string of the molecule is CCC1(O)CCN(c2ccc(OC3CCC(=O)NC3=O)cc2)CC1. The third-order valence-electron chi connectivity index (χ3n) is 5.02. The van der Waals surface area contributed by atoms with Crippen LogP contribution in [0.15, 0.2) is 24.3 Å². The molecule has 6 heteroatoms. The molecule has 0 aliphatic carbocycles. The molecule has 0 saturated carbocycles. The van der Waals surface area contributed by atoms with Crippen molar-refractivity contribution in [3.8, 4) is 5.75 Å². The molecule has 2 fully saturated rings. The Morgan fingerprint density at radius 3 is 2.50 bits per heavy atom. The molecule has 1 atom stereocenters. The van der Waals surface area contributed by atoms with Gasteiger partial charge < -0.3 is 14.7 Å². The number of carbonyl (C=O) groups excluding carboxylic acids is 2. The average molecular weight is 332 g/mol. The van der Waals surface area contributed by atoms with Crippen LogP contribution < -0.4 is 15.0 Å². The molecule has 0 spiro atoms. The van der Waals surface area contributed by atoms with Crippen LogP contribution in [0.1, 0.15) is 39.0 Å². The monoisotopic (exact) mass is 332 g/mol. The summed E-state index contributed by atoms with van der Waals surface area (Å²) in [6, 6.07) is 7.63. The second-order valence-corrected chi connectivity index (χ2v) is 6.62. The van der Waals surface area contributed by atoms with Crippen LogP contribution in [0.25, 0.3) is 0 Å². The summed E-state index contributed by atoms with van der Waals surface area (Å²) in [5.74, 6) is 0.00728. The summed E-state index contributed by atoms with van der Waals surface area (Å²) in [6.07, 6.45) is 2.45. The Bertz CT molecular complexity index is 606. The summed E-state index contributed by atoms with van der Waals surface area (Å²) >= 11 is 0. The van der Waals surface area contributed by atoms with Gasteiger partial charge in [0.15, 0.2) is 6.10 Å². The molecular weight excluding hydrogens is 308 g/mol. The molecule has 0 aromatic heterocycles. The fourth-order valence-electron chi connectivity index (χ4n) is 3.22. The number of nitrogens with zero attached hydrogens (tertiary/aromatic N) is 1. The molecule has 1 unspecified atom stereocenters. The van der Waals surface area contributed by atoms with Gasteiger partial charge in [-0.2, -0.15) is 0 Å². The zero-order chi connectivity index (χ0) is 17.2. The van der Waals surface area contributed by atoms with Crippen molar-refractivity contribution in [1.82, 2.24) is 5.32 Å². The highest BCUT2D eigenvalue weighted by molar-refractivity contribution is 5.99. The van der Waals surface area contributed by atoms with Gasteiger partial charge >= 0.3 is 0 Å². The first-order chi connectivity index (χ1) is 11.5. The smallest absolute Gasteiger partial charge is 0.267 e. The number of ether oxygens (including phenoxy) is 1. The number of hydrogen-bond donors (Lipinski definition) is 2. The lowest BCUT2D eigenvalue weighted by atomic mass is 9.89. The van der Waals surface area contributed by atoms with Crippen molar-refractivity contribution in [2.75, 3.05) is 18.0 Å². The zero-order valence-corrected chi connectivity index (χ0v) is 14.0. The predicted molar refractivity (Wildman–Crippen MR) is 89.9 cm³/mol. The second-order valence-electron chi connectivity index (χ2n) is 6.62. The largest absolute Gasteiger partial charge is 0.481 e. The van der Waals surface area contributed by atoms with Crippen molar-refractivity contribution in [2.24, 2.45) is 0 Å². The third kappa shape index (κ3) is 3.70. The van der Waals surface area contributed by atoms with Crippen molar-refractivity contribution in [3.63, 3.8) is 0 Å². The lowest BCUT2D eigenvalue weighted by molar-refractivity contribution is -0.138. The number of rotatable bonds is 4. The average Bonchev–Trinajstić information content (AvgIpc) is 2.59. The highest BCUT2D eigenvalue weighted by Gasteiger charge is 2.31. The second kappa shape index (κ2) is 6.81. The van der Waals surface area contributed by atoms with E-state index in [2.05, 4.69) is 10.2 Å². The van der Waals surface area contributed by atoms with Gasteiger partial charge in [0, 0.05) is 31.6 Å². The van der Waals surface area contributed by atoms with Gasteiger partial charge in [-0.3, -0.25) is 14.9 Å². The number of imide groups is 1. The molecule has 1 aromatic rings. The standard InChI is InChI=1S/C18H24N2O4/c1-2-18(23)9-11-20(12-10-18)13-3-5-14(6-4-13)24-15-7-8-16(21)19-17(15)22/h3-6,15,23H,2,7-12H2,1H3,(H,19,21,22). The summed E-state index contributed by atoms with van der Waals surface area (Å²) in [4.78, 5) is 25.1. The van der Waals surface area contributed by atoms with E-state index >= 15 is 0 Å². The van der Waals surface area contributed by atoms with Crippen LogP contribution in [-0.4, -0.2) is 41.7 Å². The number of carbonyl (C=O) groups is 2. The molecule has 2 heterocycles. The normalized spacial score (nSPS) is 23.8. The van der Waals surface area contributed by atoms with E-state index in [0.717, 1.165) is 38.0 Å². The maximum atomic E-state index is 11.7. The van der Waals surface area contributed by atoms with Crippen molar-refractivity contribution in [1.29, 1.82) is 0 Å². The lowest BCUT2D eigenvalue weighted by Gasteiger charge is -2.38. The molecule has 0 radical (unpaired) electrons. The van der Waals surface area contributed by atoms with Crippen molar-refractivity contribution < 1.29 is 19.4 Å². The molecule has 2 saturated heterocycles. The maximum absolute atomic E-state index is 11.7. The van der Waals surface area contributed by atoms with Crippen LogP contribution in [-0.2, 0) is 9.59 Å². The van der Waals surface area contributed by atoms with Crippen molar-refractivity contribution >= 4 is 17.5 Å². The summed E-state index contributed by atoms with van der Waals surface area (Å²) in [5, 5.41) is 12.6. The van der Waals surface area contributed by atoms with Gasteiger partial charge in [-0.15, -0.1) is 0 Å². The minimum absolute atomic E-state index is 0.243. The van der Waals surface area contributed by atoms with Gasteiger partial charge in [-0.1, -0.05) is 6.92 Å². The topological polar surface area (TPSA) is 78.9 Å². The van der Waals surface area contributed by atoms with Crippen molar-refractivity contribution in [2.45, 2.75) is 50.7 Å².